The number of nitrogens with zero attached hydrogens (tertiary/aromatic N) is 3. The molecule has 7 nitrogen and oxygen atoms in total. The highest BCUT2D eigenvalue weighted by Crippen LogP contribution is 2.33. The summed E-state index contributed by atoms with van der Waals surface area (Å²) in [5.74, 6) is 0.0739. The van der Waals surface area contributed by atoms with Gasteiger partial charge in [0.15, 0.2) is 0 Å². The molecule has 2 aromatic carbocycles. The molecule has 1 aliphatic carbocycles. The fourth-order valence-corrected chi connectivity index (χ4v) is 4.70. The predicted molar refractivity (Wildman–Crippen MR) is 103 cm³/mol. The van der Waals surface area contributed by atoms with E-state index in [9.17, 15) is 12.8 Å². The van der Waals surface area contributed by atoms with Gasteiger partial charge in [-0.05, 0) is 59.9 Å². The molecule has 1 saturated carbocycles. The maximum atomic E-state index is 13.7. The van der Waals surface area contributed by atoms with Crippen molar-refractivity contribution in [2.75, 3.05) is 4.72 Å². The Hall–Kier alpha value is -2.81. The Morgan fingerprint density at radius 1 is 1.04 bits per heavy atom. The van der Waals surface area contributed by atoms with Crippen molar-refractivity contribution in [2.24, 2.45) is 0 Å². The Morgan fingerprint density at radius 3 is 2.46 bits per heavy atom. The van der Waals surface area contributed by atoms with Crippen molar-refractivity contribution in [3.05, 3.63) is 53.8 Å². The first kappa shape index (κ1) is 18.5. The Balaban J connectivity index is 1.60. The second-order valence-electron chi connectivity index (χ2n) is 6.93. The number of aromatic nitrogens is 4. The molecule has 0 saturated heterocycles. The standard InChI is InChI=1S/C19H20FN5O2S/c20-15-8-11-18(17(12-15)19-21-24-25-22-19)23-28(26,27)16-9-6-14(7-10-16)13-4-2-1-3-5-13/h6-13,23H,1-5H2,(H,21,22,24,25). The highest BCUT2D eigenvalue weighted by Gasteiger charge is 2.20. The lowest BCUT2D eigenvalue weighted by atomic mass is 9.84. The van der Waals surface area contributed by atoms with Gasteiger partial charge in [0, 0.05) is 0 Å². The number of halogens is 1. The lowest BCUT2D eigenvalue weighted by Gasteiger charge is -2.22. The molecule has 2 N–H and O–H groups in total. The van der Waals surface area contributed by atoms with Crippen LogP contribution in [-0.2, 0) is 10.0 Å². The van der Waals surface area contributed by atoms with Crippen LogP contribution < -0.4 is 4.72 Å². The summed E-state index contributed by atoms with van der Waals surface area (Å²) >= 11 is 0. The van der Waals surface area contributed by atoms with E-state index < -0.39 is 15.8 Å². The van der Waals surface area contributed by atoms with Crippen LogP contribution >= 0.6 is 0 Å². The second kappa shape index (κ2) is 7.67. The van der Waals surface area contributed by atoms with E-state index in [0.717, 1.165) is 18.9 Å². The van der Waals surface area contributed by atoms with Crippen LogP contribution in [0.4, 0.5) is 10.1 Å². The van der Waals surface area contributed by atoms with E-state index in [1.54, 1.807) is 12.1 Å². The molecule has 0 bridgehead atoms. The smallest absolute Gasteiger partial charge is 0.261 e. The highest BCUT2D eigenvalue weighted by molar-refractivity contribution is 7.92. The Morgan fingerprint density at radius 2 is 1.79 bits per heavy atom. The summed E-state index contributed by atoms with van der Waals surface area (Å²) in [6.45, 7) is 0. The quantitative estimate of drug-likeness (QED) is 0.676. The Labute approximate surface area is 162 Å². The van der Waals surface area contributed by atoms with Crippen LogP contribution in [0.5, 0.6) is 0 Å². The van der Waals surface area contributed by atoms with E-state index in [0.29, 0.717) is 5.92 Å². The number of sulfonamides is 1. The number of hydrogen-bond donors (Lipinski definition) is 2. The zero-order valence-corrected chi connectivity index (χ0v) is 15.9. The van der Waals surface area contributed by atoms with Gasteiger partial charge in [-0.1, -0.05) is 31.4 Å². The van der Waals surface area contributed by atoms with Crippen molar-refractivity contribution >= 4 is 15.7 Å². The molecule has 1 heterocycles. The molecule has 1 aliphatic rings. The van der Waals surface area contributed by atoms with Crippen molar-refractivity contribution in [3.8, 4) is 11.4 Å². The van der Waals surface area contributed by atoms with Crippen molar-refractivity contribution in [2.45, 2.75) is 42.9 Å². The molecule has 1 aromatic heterocycles. The van der Waals surface area contributed by atoms with Gasteiger partial charge < -0.3 is 0 Å². The van der Waals surface area contributed by atoms with Crippen LogP contribution in [0.3, 0.4) is 0 Å². The van der Waals surface area contributed by atoms with Gasteiger partial charge in [-0.3, -0.25) is 4.72 Å². The predicted octanol–water partition coefficient (Wildman–Crippen LogP) is 3.85. The number of hydrogen-bond acceptors (Lipinski definition) is 5. The lowest BCUT2D eigenvalue weighted by Crippen LogP contribution is -2.14. The van der Waals surface area contributed by atoms with Crippen LogP contribution in [0.15, 0.2) is 47.4 Å². The molecule has 4 rings (SSSR count). The molecule has 3 aromatic rings. The molecule has 0 spiro atoms. The van der Waals surface area contributed by atoms with Crippen LogP contribution in [-0.4, -0.2) is 29.0 Å². The molecular weight excluding hydrogens is 381 g/mol. The van der Waals surface area contributed by atoms with E-state index >= 15 is 0 Å². The minimum Gasteiger partial charge on any atom is -0.279 e. The summed E-state index contributed by atoms with van der Waals surface area (Å²) in [4.78, 5) is 0.149. The van der Waals surface area contributed by atoms with Crippen LogP contribution in [0, 0.1) is 5.82 Å². The first-order valence-electron chi connectivity index (χ1n) is 9.19. The molecule has 0 aliphatic heterocycles. The topological polar surface area (TPSA) is 101 Å². The molecule has 0 radical (unpaired) electrons. The summed E-state index contributed by atoms with van der Waals surface area (Å²) in [6.07, 6.45) is 6.00. The molecule has 0 amide bonds. The Bertz CT molecular complexity index is 1050. The third kappa shape index (κ3) is 3.89. The summed E-state index contributed by atoms with van der Waals surface area (Å²) < 4.78 is 41.8. The number of aromatic amines is 1. The molecule has 0 atom stereocenters. The second-order valence-corrected chi connectivity index (χ2v) is 8.62. The van der Waals surface area contributed by atoms with Crippen molar-refractivity contribution in [1.82, 2.24) is 20.6 Å². The average molecular weight is 401 g/mol. The monoisotopic (exact) mass is 401 g/mol. The third-order valence-corrected chi connectivity index (χ3v) is 6.46. The lowest BCUT2D eigenvalue weighted by molar-refractivity contribution is 0.443. The molecular formula is C19H20FN5O2S. The summed E-state index contributed by atoms with van der Waals surface area (Å²) in [6, 6.07) is 10.7. The largest absolute Gasteiger partial charge is 0.279 e. The number of benzene rings is 2. The van der Waals surface area contributed by atoms with E-state index in [1.165, 1.54) is 37.0 Å². The number of nitrogens with one attached hydrogen (secondary N) is 2. The van der Waals surface area contributed by atoms with Crippen molar-refractivity contribution < 1.29 is 12.8 Å². The molecule has 0 unspecified atom stereocenters. The third-order valence-electron chi connectivity index (χ3n) is 5.08. The number of anilines is 1. The van der Waals surface area contributed by atoms with Gasteiger partial charge >= 0.3 is 0 Å². The zero-order chi connectivity index (χ0) is 19.6. The van der Waals surface area contributed by atoms with Gasteiger partial charge in [0.1, 0.15) is 5.82 Å². The van der Waals surface area contributed by atoms with Crippen molar-refractivity contribution in [3.63, 3.8) is 0 Å². The van der Waals surface area contributed by atoms with E-state index in [2.05, 4.69) is 25.3 Å². The summed E-state index contributed by atoms with van der Waals surface area (Å²) in [7, 11) is -3.85. The minimum absolute atomic E-state index is 0.102. The van der Waals surface area contributed by atoms with Gasteiger partial charge in [0.25, 0.3) is 10.0 Å². The highest BCUT2D eigenvalue weighted by atomic mass is 32.2. The average Bonchev–Trinajstić information content (AvgIpc) is 3.25. The molecule has 146 valence electrons. The normalized spacial score (nSPS) is 15.5. The fourth-order valence-electron chi connectivity index (χ4n) is 3.63. The van der Waals surface area contributed by atoms with Gasteiger partial charge in [-0.15, -0.1) is 10.2 Å². The molecule has 28 heavy (non-hydrogen) atoms. The summed E-state index contributed by atoms with van der Waals surface area (Å²) in [5.41, 5.74) is 1.56. The SMILES string of the molecule is O=S(=O)(Nc1ccc(F)cc1-c1nn[nH]n1)c1ccc(C2CCCCC2)cc1. The van der Waals surface area contributed by atoms with Crippen LogP contribution in [0.2, 0.25) is 0 Å². The number of H-pyrrole nitrogens is 1. The number of tetrazole rings is 1. The zero-order valence-electron chi connectivity index (χ0n) is 15.1. The van der Waals surface area contributed by atoms with Gasteiger partial charge in [-0.25, -0.2) is 12.8 Å². The van der Waals surface area contributed by atoms with Gasteiger partial charge in [0.2, 0.25) is 5.82 Å². The summed E-state index contributed by atoms with van der Waals surface area (Å²) in [5, 5.41) is 13.3. The molecule has 1 fully saturated rings. The fraction of sp³-hybridized carbons (Fsp3) is 0.316. The van der Waals surface area contributed by atoms with Crippen LogP contribution in [0.1, 0.15) is 43.6 Å². The minimum atomic E-state index is -3.85. The first-order chi connectivity index (χ1) is 13.5. The van der Waals surface area contributed by atoms with Crippen molar-refractivity contribution in [1.29, 1.82) is 0 Å². The van der Waals surface area contributed by atoms with Gasteiger partial charge in [-0.2, -0.15) is 5.21 Å². The maximum Gasteiger partial charge on any atom is 0.261 e. The maximum absolute atomic E-state index is 13.7. The van der Waals surface area contributed by atoms with E-state index in [1.807, 2.05) is 12.1 Å². The Kier molecular flexibility index (Phi) is 5.08. The van der Waals surface area contributed by atoms with Crippen LogP contribution in [0.25, 0.3) is 11.4 Å². The van der Waals surface area contributed by atoms with E-state index in [4.69, 9.17) is 0 Å². The number of rotatable bonds is 5. The molecule has 9 heteroatoms. The van der Waals surface area contributed by atoms with Gasteiger partial charge in [0.05, 0.1) is 16.1 Å². The first-order valence-corrected chi connectivity index (χ1v) is 10.7. The van der Waals surface area contributed by atoms with E-state index in [-0.39, 0.29) is 22.0 Å².